The summed E-state index contributed by atoms with van der Waals surface area (Å²) in [6.07, 6.45) is 0.695. The highest BCUT2D eigenvalue weighted by atomic mass is 35.5. The second-order valence-electron chi connectivity index (χ2n) is 7.32. The molecule has 1 unspecified atom stereocenters. The van der Waals surface area contributed by atoms with Crippen molar-refractivity contribution in [3.8, 4) is 5.75 Å². The Morgan fingerprint density at radius 2 is 1.69 bits per heavy atom. The average molecular weight is 473 g/mol. The van der Waals surface area contributed by atoms with E-state index in [1.807, 2.05) is 38.1 Å². The normalized spacial score (nSPS) is 12.1. The van der Waals surface area contributed by atoms with E-state index in [9.17, 15) is 13.2 Å². The first-order valence-electron chi connectivity index (χ1n) is 10.1. The van der Waals surface area contributed by atoms with Crippen LogP contribution >= 0.6 is 11.6 Å². The molecule has 0 spiro atoms. The summed E-state index contributed by atoms with van der Waals surface area (Å²) in [5.74, 6) is 0.438. The number of nitrogens with one attached hydrogen (secondary N) is 2. The summed E-state index contributed by atoms with van der Waals surface area (Å²) in [7, 11) is -2.20. The quantitative estimate of drug-likeness (QED) is 0.463. The largest absolute Gasteiger partial charge is 0.497 e. The molecule has 0 heterocycles. The van der Waals surface area contributed by atoms with Gasteiger partial charge in [-0.05, 0) is 61.4 Å². The molecule has 1 amide bonds. The number of sulfonamides is 1. The molecule has 0 radical (unpaired) electrons. The van der Waals surface area contributed by atoms with Crippen molar-refractivity contribution in [2.45, 2.75) is 31.2 Å². The summed E-state index contributed by atoms with van der Waals surface area (Å²) in [6.45, 7) is 3.85. The molecule has 1 atom stereocenters. The molecule has 0 bridgehead atoms. The molecule has 168 valence electrons. The minimum Gasteiger partial charge on any atom is -0.497 e. The smallest absolute Gasteiger partial charge is 0.261 e. The zero-order chi connectivity index (χ0) is 23.3. The maximum atomic E-state index is 12.8. The maximum Gasteiger partial charge on any atom is 0.261 e. The van der Waals surface area contributed by atoms with E-state index in [2.05, 4.69) is 10.0 Å². The Labute approximate surface area is 193 Å². The van der Waals surface area contributed by atoms with Crippen LogP contribution in [0, 0.1) is 6.92 Å². The Balaban J connectivity index is 1.74. The topological polar surface area (TPSA) is 84.5 Å². The monoisotopic (exact) mass is 472 g/mol. The molecule has 0 aliphatic heterocycles. The fraction of sp³-hybridized carbons (Fsp3) is 0.208. The Morgan fingerprint density at radius 3 is 2.25 bits per heavy atom. The lowest BCUT2D eigenvalue weighted by atomic mass is 10.0. The number of carbonyl (C=O) groups excluding carboxylic acids is 1. The summed E-state index contributed by atoms with van der Waals surface area (Å²) >= 11 is 6.29. The van der Waals surface area contributed by atoms with Gasteiger partial charge in [-0.2, -0.15) is 0 Å². The van der Waals surface area contributed by atoms with E-state index in [4.69, 9.17) is 16.3 Å². The van der Waals surface area contributed by atoms with Crippen LogP contribution in [0.25, 0.3) is 0 Å². The van der Waals surface area contributed by atoms with Gasteiger partial charge in [0.05, 0.1) is 28.8 Å². The molecule has 0 saturated carbocycles. The van der Waals surface area contributed by atoms with Crippen LogP contribution in [0.4, 0.5) is 5.69 Å². The van der Waals surface area contributed by atoms with Crippen LogP contribution in [-0.4, -0.2) is 21.4 Å². The minimum atomic E-state index is -3.80. The van der Waals surface area contributed by atoms with E-state index in [0.29, 0.717) is 12.0 Å². The van der Waals surface area contributed by atoms with E-state index in [1.54, 1.807) is 19.2 Å². The lowest BCUT2D eigenvalue weighted by Gasteiger charge is -2.18. The van der Waals surface area contributed by atoms with E-state index in [0.717, 1.165) is 16.9 Å². The predicted molar refractivity (Wildman–Crippen MR) is 127 cm³/mol. The van der Waals surface area contributed by atoms with Crippen molar-refractivity contribution in [1.82, 2.24) is 5.32 Å². The Bertz CT molecular complexity index is 1190. The van der Waals surface area contributed by atoms with Crippen LogP contribution in [-0.2, 0) is 10.0 Å². The zero-order valence-electron chi connectivity index (χ0n) is 18.1. The lowest BCUT2D eigenvalue weighted by molar-refractivity contribution is 0.0935. The summed E-state index contributed by atoms with van der Waals surface area (Å²) in [5, 5.41) is 3.12. The highest BCUT2D eigenvalue weighted by Crippen LogP contribution is 2.27. The Morgan fingerprint density at radius 1 is 1.03 bits per heavy atom. The molecule has 0 aliphatic carbocycles. The summed E-state index contributed by atoms with van der Waals surface area (Å²) in [6, 6.07) is 18.3. The van der Waals surface area contributed by atoms with Crippen LogP contribution in [0.2, 0.25) is 5.02 Å². The minimum absolute atomic E-state index is 0.130. The summed E-state index contributed by atoms with van der Waals surface area (Å²) in [5.41, 5.74) is 2.44. The number of carbonyl (C=O) groups is 1. The second kappa shape index (κ2) is 10.1. The van der Waals surface area contributed by atoms with E-state index in [-0.39, 0.29) is 27.6 Å². The number of benzene rings is 3. The van der Waals surface area contributed by atoms with Crippen LogP contribution in [0.1, 0.15) is 40.9 Å². The molecular formula is C24H25ClN2O4S. The number of aryl methyl sites for hydroxylation is 1. The van der Waals surface area contributed by atoms with Crippen LogP contribution in [0.5, 0.6) is 5.75 Å². The van der Waals surface area contributed by atoms with Gasteiger partial charge in [0.2, 0.25) is 0 Å². The van der Waals surface area contributed by atoms with Gasteiger partial charge >= 0.3 is 0 Å². The zero-order valence-corrected chi connectivity index (χ0v) is 19.6. The standard InChI is InChI=1S/C24H25ClN2O4S/c1-4-22(17-7-10-19(31-3)11-8-17)26-24(28)18-9-14-23(21(25)15-18)27-32(29,30)20-12-5-16(2)6-13-20/h5-15,22,27H,4H2,1-3H3,(H,26,28). The summed E-state index contributed by atoms with van der Waals surface area (Å²) < 4.78 is 32.9. The molecule has 0 aliphatic rings. The molecule has 6 nitrogen and oxygen atoms in total. The highest BCUT2D eigenvalue weighted by molar-refractivity contribution is 7.92. The molecular weight excluding hydrogens is 448 g/mol. The van der Waals surface area contributed by atoms with Crippen molar-refractivity contribution in [2.75, 3.05) is 11.8 Å². The fourth-order valence-corrected chi connectivity index (χ4v) is 4.52. The number of methoxy groups -OCH3 is 1. The Hall–Kier alpha value is -3.03. The molecule has 32 heavy (non-hydrogen) atoms. The predicted octanol–water partition coefficient (Wildman–Crippen LogP) is 5.34. The van der Waals surface area contributed by atoms with E-state index < -0.39 is 10.0 Å². The number of amides is 1. The van der Waals surface area contributed by atoms with Crippen LogP contribution in [0.15, 0.2) is 71.6 Å². The number of ether oxygens (including phenoxy) is 1. The molecule has 3 aromatic carbocycles. The van der Waals surface area contributed by atoms with Gasteiger partial charge in [-0.15, -0.1) is 0 Å². The van der Waals surface area contributed by atoms with Gasteiger partial charge in [0, 0.05) is 5.56 Å². The van der Waals surface area contributed by atoms with Gasteiger partial charge in [0.25, 0.3) is 15.9 Å². The third-order valence-electron chi connectivity index (χ3n) is 5.04. The van der Waals surface area contributed by atoms with Crippen molar-refractivity contribution in [3.05, 3.63) is 88.4 Å². The third-order valence-corrected chi connectivity index (χ3v) is 6.73. The van der Waals surface area contributed by atoms with Gasteiger partial charge in [-0.25, -0.2) is 8.42 Å². The number of halogens is 1. The first kappa shape index (κ1) is 23.6. The van der Waals surface area contributed by atoms with Crippen molar-refractivity contribution in [3.63, 3.8) is 0 Å². The number of hydrogen-bond acceptors (Lipinski definition) is 4. The molecule has 0 saturated heterocycles. The van der Waals surface area contributed by atoms with Gasteiger partial charge in [-0.1, -0.05) is 48.4 Å². The first-order chi connectivity index (χ1) is 15.2. The van der Waals surface area contributed by atoms with Crippen molar-refractivity contribution in [2.24, 2.45) is 0 Å². The third kappa shape index (κ3) is 5.60. The molecule has 0 fully saturated rings. The maximum absolute atomic E-state index is 12.8. The van der Waals surface area contributed by atoms with Gasteiger partial charge in [-0.3, -0.25) is 9.52 Å². The molecule has 3 rings (SSSR count). The fourth-order valence-electron chi connectivity index (χ4n) is 3.16. The van der Waals surface area contributed by atoms with Gasteiger partial charge < -0.3 is 10.1 Å². The van der Waals surface area contributed by atoms with Crippen LogP contribution < -0.4 is 14.8 Å². The summed E-state index contributed by atoms with van der Waals surface area (Å²) in [4.78, 5) is 12.9. The van der Waals surface area contributed by atoms with Crippen molar-refractivity contribution >= 4 is 33.2 Å². The van der Waals surface area contributed by atoms with Crippen LogP contribution in [0.3, 0.4) is 0 Å². The number of hydrogen-bond donors (Lipinski definition) is 2. The van der Waals surface area contributed by atoms with E-state index >= 15 is 0 Å². The van der Waals surface area contributed by atoms with Crippen molar-refractivity contribution < 1.29 is 17.9 Å². The van der Waals surface area contributed by atoms with Gasteiger partial charge in [0.1, 0.15) is 5.75 Å². The van der Waals surface area contributed by atoms with Gasteiger partial charge in [0.15, 0.2) is 0 Å². The molecule has 0 aromatic heterocycles. The van der Waals surface area contributed by atoms with E-state index in [1.165, 1.54) is 30.3 Å². The second-order valence-corrected chi connectivity index (χ2v) is 9.41. The average Bonchev–Trinajstić information content (AvgIpc) is 2.79. The number of rotatable bonds is 8. The Kier molecular flexibility index (Phi) is 7.43. The SMILES string of the molecule is CCC(NC(=O)c1ccc(NS(=O)(=O)c2ccc(C)cc2)c(Cl)c1)c1ccc(OC)cc1. The molecule has 8 heteroatoms. The lowest BCUT2D eigenvalue weighted by Crippen LogP contribution is -2.28. The highest BCUT2D eigenvalue weighted by Gasteiger charge is 2.18. The first-order valence-corrected chi connectivity index (χ1v) is 11.9. The molecule has 2 N–H and O–H groups in total. The molecule has 3 aromatic rings. The van der Waals surface area contributed by atoms with Crippen molar-refractivity contribution in [1.29, 1.82) is 0 Å². The number of anilines is 1.